The van der Waals surface area contributed by atoms with Crippen LogP contribution in [0.4, 0.5) is 4.79 Å². The summed E-state index contributed by atoms with van der Waals surface area (Å²) >= 11 is 0. The number of ether oxygens (including phenoxy) is 9. The highest BCUT2D eigenvalue weighted by Gasteiger charge is 2.27. The van der Waals surface area contributed by atoms with E-state index in [9.17, 15) is 9.59 Å². The van der Waals surface area contributed by atoms with Crippen molar-refractivity contribution in [2.75, 3.05) is 132 Å². The standard InChI is InChI=1S/C27H53N3O11/c1-33-11-12-35-15-16-37-19-20-39-23-24-40-22-21-38-18-17-36-14-13-34-10-6-29-26(31)25-5-2-3-7-30(25)8-4-9-41-27(28)32/h25H,2-24H2,1H3,(H2,28,32)(H,29,31). The van der Waals surface area contributed by atoms with Crippen LogP contribution in [0, 0.1) is 0 Å². The molecule has 242 valence electrons. The van der Waals surface area contributed by atoms with E-state index in [4.69, 9.17) is 48.4 Å². The van der Waals surface area contributed by atoms with Crippen LogP contribution >= 0.6 is 0 Å². The molecule has 0 aromatic carbocycles. The van der Waals surface area contributed by atoms with Gasteiger partial charge in [-0.05, 0) is 25.8 Å². The molecule has 2 amide bonds. The molecular weight excluding hydrogens is 542 g/mol. The Morgan fingerprint density at radius 1 is 0.683 bits per heavy atom. The number of likely N-dealkylation sites (tertiary alicyclic amines) is 1. The first-order valence-corrected chi connectivity index (χ1v) is 14.6. The minimum Gasteiger partial charge on any atom is -0.450 e. The maximum absolute atomic E-state index is 12.6. The van der Waals surface area contributed by atoms with Crippen molar-refractivity contribution < 1.29 is 52.2 Å². The molecule has 0 bridgehead atoms. The van der Waals surface area contributed by atoms with E-state index in [-0.39, 0.29) is 18.6 Å². The number of hydrogen-bond acceptors (Lipinski definition) is 12. The number of nitrogens with zero attached hydrogens (tertiary/aromatic N) is 1. The van der Waals surface area contributed by atoms with Gasteiger partial charge in [-0.25, -0.2) is 4.79 Å². The van der Waals surface area contributed by atoms with Gasteiger partial charge in [0.15, 0.2) is 0 Å². The minimum absolute atomic E-state index is 0.00940. The Kier molecular flexibility index (Phi) is 26.0. The molecule has 1 atom stereocenters. The predicted octanol–water partition coefficient (Wildman–Crippen LogP) is 0.205. The third kappa shape index (κ3) is 23.6. The average Bonchev–Trinajstić information content (AvgIpc) is 2.97. The number of nitrogens with two attached hydrogens (primary N) is 1. The third-order valence-electron chi connectivity index (χ3n) is 5.96. The SMILES string of the molecule is COCCOCCOCCOCCOCCOCCOCCOCCNC(=O)C1CCCCN1CCCOC(N)=O. The van der Waals surface area contributed by atoms with Crippen LogP contribution in [0.3, 0.4) is 0 Å². The summed E-state index contributed by atoms with van der Waals surface area (Å²) in [5.74, 6) is 0.00940. The smallest absolute Gasteiger partial charge is 0.404 e. The lowest BCUT2D eigenvalue weighted by molar-refractivity contribution is -0.128. The largest absolute Gasteiger partial charge is 0.450 e. The second-order valence-corrected chi connectivity index (χ2v) is 9.14. The number of carbonyl (C=O) groups excluding carboxylic acids is 2. The van der Waals surface area contributed by atoms with Gasteiger partial charge < -0.3 is 53.7 Å². The Morgan fingerprint density at radius 2 is 1.15 bits per heavy atom. The summed E-state index contributed by atoms with van der Waals surface area (Å²) < 4.78 is 47.7. The molecule has 41 heavy (non-hydrogen) atoms. The van der Waals surface area contributed by atoms with E-state index in [0.717, 1.165) is 25.8 Å². The van der Waals surface area contributed by atoms with Crippen molar-refractivity contribution in [2.45, 2.75) is 31.7 Å². The number of primary amides is 1. The van der Waals surface area contributed by atoms with Crippen molar-refractivity contribution in [1.29, 1.82) is 0 Å². The summed E-state index contributed by atoms with van der Waals surface area (Å²) in [4.78, 5) is 25.4. The Hall–Kier alpha value is -1.62. The second kappa shape index (κ2) is 28.5. The molecule has 14 nitrogen and oxygen atoms in total. The fourth-order valence-corrected chi connectivity index (χ4v) is 3.92. The van der Waals surface area contributed by atoms with Gasteiger partial charge in [0, 0.05) is 20.2 Å². The van der Waals surface area contributed by atoms with Crippen molar-refractivity contribution in [1.82, 2.24) is 10.2 Å². The summed E-state index contributed by atoms with van der Waals surface area (Å²) in [7, 11) is 1.64. The second-order valence-electron chi connectivity index (χ2n) is 9.14. The molecule has 1 rings (SSSR count). The van der Waals surface area contributed by atoms with Crippen molar-refractivity contribution in [3.05, 3.63) is 0 Å². The molecule has 14 heteroatoms. The lowest BCUT2D eigenvalue weighted by Crippen LogP contribution is -2.50. The number of hydrogen-bond donors (Lipinski definition) is 2. The average molecular weight is 596 g/mol. The van der Waals surface area contributed by atoms with Crippen LogP contribution in [0.2, 0.25) is 0 Å². The predicted molar refractivity (Wildman–Crippen MR) is 150 cm³/mol. The van der Waals surface area contributed by atoms with Gasteiger partial charge in [0.1, 0.15) is 0 Å². The minimum atomic E-state index is -0.772. The number of piperidine rings is 1. The zero-order valence-electron chi connectivity index (χ0n) is 24.9. The Balaban J connectivity index is 1.81. The molecule has 1 unspecified atom stereocenters. The lowest BCUT2D eigenvalue weighted by atomic mass is 10.0. The molecule has 1 heterocycles. The highest BCUT2D eigenvalue weighted by Crippen LogP contribution is 2.17. The van der Waals surface area contributed by atoms with Gasteiger partial charge in [0.25, 0.3) is 0 Å². The third-order valence-corrected chi connectivity index (χ3v) is 5.96. The highest BCUT2D eigenvalue weighted by atomic mass is 16.6. The van der Waals surface area contributed by atoms with E-state index >= 15 is 0 Å². The van der Waals surface area contributed by atoms with E-state index in [1.807, 2.05) is 0 Å². The number of rotatable bonds is 29. The summed E-state index contributed by atoms with van der Waals surface area (Å²) in [5.41, 5.74) is 4.98. The summed E-state index contributed by atoms with van der Waals surface area (Å²) in [6.07, 6.45) is 2.78. The van der Waals surface area contributed by atoms with Crippen LogP contribution in [0.25, 0.3) is 0 Å². The van der Waals surface area contributed by atoms with Gasteiger partial charge in [-0.15, -0.1) is 0 Å². The Morgan fingerprint density at radius 3 is 1.61 bits per heavy atom. The van der Waals surface area contributed by atoms with Crippen LogP contribution in [-0.4, -0.2) is 155 Å². The van der Waals surface area contributed by atoms with Gasteiger partial charge in [0.2, 0.25) is 5.91 Å². The molecule has 0 spiro atoms. The van der Waals surface area contributed by atoms with E-state index in [2.05, 4.69) is 10.2 Å². The van der Waals surface area contributed by atoms with Crippen LogP contribution in [-0.2, 0) is 47.4 Å². The van der Waals surface area contributed by atoms with E-state index in [1.54, 1.807) is 7.11 Å². The molecule has 0 aliphatic carbocycles. The molecule has 0 aromatic heterocycles. The lowest BCUT2D eigenvalue weighted by Gasteiger charge is -2.34. The van der Waals surface area contributed by atoms with Gasteiger partial charge in [-0.3, -0.25) is 9.69 Å². The molecule has 0 radical (unpaired) electrons. The van der Waals surface area contributed by atoms with Gasteiger partial charge >= 0.3 is 6.09 Å². The van der Waals surface area contributed by atoms with E-state index in [0.29, 0.717) is 119 Å². The maximum atomic E-state index is 12.6. The topological polar surface area (TPSA) is 159 Å². The first kappa shape index (κ1) is 37.4. The van der Waals surface area contributed by atoms with Gasteiger partial charge in [0.05, 0.1) is 112 Å². The monoisotopic (exact) mass is 595 g/mol. The number of methoxy groups -OCH3 is 1. The van der Waals surface area contributed by atoms with Gasteiger partial charge in [-0.1, -0.05) is 6.42 Å². The molecule has 1 aliphatic heterocycles. The number of carbonyl (C=O) groups is 2. The van der Waals surface area contributed by atoms with Crippen LogP contribution < -0.4 is 11.1 Å². The number of amides is 2. The molecule has 0 aromatic rings. The first-order chi connectivity index (χ1) is 20.1. The van der Waals surface area contributed by atoms with Crippen LogP contribution in [0.15, 0.2) is 0 Å². The van der Waals surface area contributed by atoms with Crippen molar-refractivity contribution in [3.63, 3.8) is 0 Å². The van der Waals surface area contributed by atoms with E-state index < -0.39 is 6.09 Å². The zero-order chi connectivity index (χ0) is 29.6. The highest BCUT2D eigenvalue weighted by molar-refractivity contribution is 5.81. The maximum Gasteiger partial charge on any atom is 0.404 e. The zero-order valence-corrected chi connectivity index (χ0v) is 24.9. The first-order valence-electron chi connectivity index (χ1n) is 14.6. The Labute approximate surface area is 244 Å². The van der Waals surface area contributed by atoms with Crippen molar-refractivity contribution >= 4 is 12.0 Å². The molecule has 3 N–H and O–H groups in total. The van der Waals surface area contributed by atoms with Crippen LogP contribution in [0.1, 0.15) is 25.7 Å². The summed E-state index contributed by atoms with van der Waals surface area (Å²) in [5, 5.41) is 2.95. The normalized spacial score (nSPS) is 15.7. The van der Waals surface area contributed by atoms with Crippen molar-refractivity contribution in [3.8, 4) is 0 Å². The number of nitrogens with one attached hydrogen (secondary N) is 1. The fraction of sp³-hybridized carbons (Fsp3) is 0.926. The molecule has 0 saturated carbocycles. The molecule has 1 aliphatic rings. The Bertz CT molecular complexity index is 619. The van der Waals surface area contributed by atoms with Crippen molar-refractivity contribution in [2.24, 2.45) is 5.73 Å². The molecule has 1 fully saturated rings. The fourth-order valence-electron chi connectivity index (χ4n) is 3.92. The van der Waals surface area contributed by atoms with Gasteiger partial charge in [-0.2, -0.15) is 0 Å². The molecule has 1 saturated heterocycles. The molecular formula is C27H53N3O11. The van der Waals surface area contributed by atoms with E-state index in [1.165, 1.54) is 0 Å². The summed E-state index contributed by atoms with van der Waals surface area (Å²) in [6.45, 7) is 9.83. The van der Waals surface area contributed by atoms with Crippen LogP contribution in [0.5, 0.6) is 0 Å². The summed E-state index contributed by atoms with van der Waals surface area (Å²) in [6, 6.07) is -0.160. The quantitative estimate of drug-likeness (QED) is 0.113.